The number of benzene rings is 1. The Balaban J connectivity index is 1.78. The van der Waals surface area contributed by atoms with Gasteiger partial charge in [0.25, 0.3) is 9.05 Å². The monoisotopic (exact) mass is 329 g/mol. The van der Waals surface area contributed by atoms with Gasteiger partial charge in [0.1, 0.15) is 10.6 Å². The quantitative estimate of drug-likeness (QED) is 0.862. The summed E-state index contributed by atoms with van der Waals surface area (Å²) in [5.41, 5.74) is 0.421. The molecule has 114 valence electrons. The standard InChI is InChI=1S/C14H16ClNO4S/c1-20-11-6-5-8(7-12(11)21(15,18)19)16-14(17)13-9-3-2-4-10(9)13/h5-7,9-10,13H,2-4H2,1H3,(H,16,17). The highest BCUT2D eigenvalue weighted by atomic mass is 35.7. The molecule has 5 nitrogen and oxygen atoms in total. The molecule has 0 aromatic heterocycles. The van der Waals surface area contributed by atoms with Gasteiger partial charge in [-0.3, -0.25) is 4.79 Å². The van der Waals surface area contributed by atoms with Crippen LogP contribution in [-0.2, 0) is 13.8 Å². The Morgan fingerprint density at radius 1 is 1.33 bits per heavy atom. The summed E-state index contributed by atoms with van der Waals surface area (Å²) in [5.74, 6) is 1.23. The second-order valence-electron chi connectivity index (χ2n) is 5.58. The summed E-state index contributed by atoms with van der Waals surface area (Å²) in [6.45, 7) is 0. The Labute approximate surface area is 128 Å². The molecule has 0 aliphatic heterocycles. The van der Waals surface area contributed by atoms with Gasteiger partial charge in [0.2, 0.25) is 5.91 Å². The molecule has 0 heterocycles. The van der Waals surface area contributed by atoms with Crippen LogP contribution in [-0.4, -0.2) is 21.4 Å². The number of hydrogen-bond donors (Lipinski definition) is 1. The first-order chi connectivity index (χ1) is 9.91. The zero-order chi connectivity index (χ0) is 15.2. The van der Waals surface area contributed by atoms with E-state index < -0.39 is 9.05 Å². The molecule has 2 aliphatic rings. The number of rotatable bonds is 4. The fourth-order valence-electron chi connectivity index (χ4n) is 3.38. The minimum absolute atomic E-state index is 0.0345. The van der Waals surface area contributed by atoms with Gasteiger partial charge in [-0.15, -0.1) is 0 Å². The minimum atomic E-state index is -3.93. The van der Waals surface area contributed by atoms with Crippen LogP contribution in [0.3, 0.4) is 0 Å². The molecule has 21 heavy (non-hydrogen) atoms. The maximum atomic E-state index is 12.2. The number of hydrogen-bond acceptors (Lipinski definition) is 4. The summed E-state index contributed by atoms with van der Waals surface area (Å²) in [5, 5.41) is 2.78. The Hall–Kier alpha value is -1.27. The molecule has 0 radical (unpaired) electrons. The molecular formula is C14H16ClNO4S. The van der Waals surface area contributed by atoms with E-state index in [1.165, 1.54) is 25.7 Å². The first-order valence-corrected chi connectivity index (χ1v) is 9.16. The maximum absolute atomic E-state index is 12.2. The number of carbonyl (C=O) groups is 1. The van der Waals surface area contributed by atoms with Crippen LogP contribution in [0.5, 0.6) is 5.75 Å². The van der Waals surface area contributed by atoms with Gasteiger partial charge in [0, 0.05) is 22.3 Å². The predicted octanol–water partition coefficient (Wildman–Crippen LogP) is 2.61. The molecule has 1 aromatic rings. The molecule has 0 bridgehead atoms. The van der Waals surface area contributed by atoms with E-state index in [9.17, 15) is 13.2 Å². The molecule has 2 atom stereocenters. The van der Waals surface area contributed by atoms with Gasteiger partial charge < -0.3 is 10.1 Å². The third-order valence-electron chi connectivity index (χ3n) is 4.40. The van der Waals surface area contributed by atoms with Crippen molar-refractivity contribution in [3.05, 3.63) is 18.2 Å². The zero-order valence-electron chi connectivity index (χ0n) is 11.5. The molecule has 2 fully saturated rings. The van der Waals surface area contributed by atoms with Gasteiger partial charge in [0.05, 0.1) is 7.11 Å². The molecule has 2 unspecified atom stereocenters. The third-order valence-corrected chi connectivity index (χ3v) is 5.75. The van der Waals surface area contributed by atoms with Gasteiger partial charge in [-0.2, -0.15) is 0 Å². The van der Waals surface area contributed by atoms with E-state index >= 15 is 0 Å². The summed E-state index contributed by atoms with van der Waals surface area (Å²) in [7, 11) is 2.82. The fraction of sp³-hybridized carbons (Fsp3) is 0.500. The molecule has 0 spiro atoms. The van der Waals surface area contributed by atoms with Crippen molar-refractivity contribution in [1.29, 1.82) is 0 Å². The predicted molar refractivity (Wildman–Crippen MR) is 79.0 cm³/mol. The number of amides is 1. The van der Waals surface area contributed by atoms with Crippen LogP contribution in [0.2, 0.25) is 0 Å². The highest BCUT2D eigenvalue weighted by molar-refractivity contribution is 8.13. The lowest BCUT2D eigenvalue weighted by Gasteiger charge is -2.10. The second kappa shape index (κ2) is 5.18. The highest BCUT2D eigenvalue weighted by Crippen LogP contribution is 2.57. The summed E-state index contributed by atoms with van der Waals surface area (Å²) in [4.78, 5) is 12.0. The molecule has 1 amide bonds. The minimum Gasteiger partial charge on any atom is -0.495 e. The third kappa shape index (κ3) is 2.74. The topological polar surface area (TPSA) is 72.5 Å². The van der Waals surface area contributed by atoms with Crippen LogP contribution in [0, 0.1) is 17.8 Å². The molecule has 1 aromatic carbocycles. The van der Waals surface area contributed by atoms with Gasteiger partial charge in [0.15, 0.2) is 0 Å². The van der Waals surface area contributed by atoms with Crippen molar-refractivity contribution in [2.24, 2.45) is 17.8 Å². The number of anilines is 1. The average molecular weight is 330 g/mol. The van der Waals surface area contributed by atoms with Gasteiger partial charge in [-0.05, 0) is 42.9 Å². The lowest BCUT2D eigenvalue weighted by Crippen LogP contribution is -2.16. The van der Waals surface area contributed by atoms with Crippen molar-refractivity contribution in [2.45, 2.75) is 24.2 Å². The summed E-state index contributed by atoms with van der Waals surface area (Å²) in [6.07, 6.45) is 3.44. The van der Waals surface area contributed by atoms with Crippen LogP contribution in [0.1, 0.15) is 19.3 Å². The van der Waals surface area contributed by atoms with Crippen molar-refractivity contribution in [3.8, 4) is 5.75 Å². The van der Waals surface area contributed by atoms with E-state index in [1.807, 2.05) is 0 Å². The number of carbonyl (C=O) groups excluding carboxylic acids is 1. The molecule has 0 saturated heterocycles. The number of ether oxygens (including phenoxy) is 1. The zero-order valence-corrected chi connectivity index (χ0v) is 13.1. The van der Waals surface area contributed by atoms with Crippen LogP contribution < -0.4 is 10.1 Å². The van der Waals surface area contributed by atoms with E-state index in [0.717, 1.165) is 12.8 Å². The largest absolute Gasteiger partial charge is 0.495 e. The van der Waals surface area contributed by atoms with Crippen LogP contribution >= 0.6 is 10.7 Å². The lowest BCUT2D eigenvalue weighted by atomic mass is 10.1. The number of methoxy groups -OCH3 is 1. The van der Waals surface area contributed by atoms with Crippen LogP contribution in [0.15, 0.2) is 23.1 Å². The van der Waals surface area contributed by atoms with Gasteiger partial charge in [-0.1, -0.05) is 6.42 Å². The maximum Gasteiger partial charge on any atom is 0.265 e. The summed E-state index contributed by atoms with van der Waals surface area (Å²) in [6, 6.07) is 4.43. The van der Waals surface area contributed by atoms with E-state index in [-0.39, 0.29) is 22.5 Å². The van der Waals surface area contributed by atoms with Crippen molar-refractivity contribution < 1.29 is 17.9 Å². The van der Waals surface area contributed by atoms with Crippen molar-refractivity contribution in [3.63, 3.8) is 0 Å². The van der Waals surface area contributed by atoms with Crippen molar-refractivity contribution in [2.75, 3.05) is 12.4 Å². The SMILES string of the molecule is COc1ccc(NC(=O)C2C3CCCC32)cc1S(=O)(=O)Cl. The van der Waals surface area contributed by atoms with E-state index in [1.54, 1.807) is 6.07 Å². The van der Waals surface area contributed by atoms with Crippen LogP contribution in [0.4, 0.5) is 5.69 Å². The molecule has 1 N–H and O–H groups in total. The Morgan fingerprint density at radius 3 is 2.57 bits per heavy atom. The normalized spacial score (nSPS) is 27.0. The molecule has 2 aliphatic carbocycles. The molecule has 7 heteroatoms. The lowest BCUT2D eigenvalue weighted by molar-refractivity contribution is -0.118. The van der Waals surface area contributed by atoms with Gasteiger partial charge in [-0.25, -0.2) is 8.42 Å². The molecule has 2 saturated carbocycles. The summed E-state index contributed by atoms with van der Waals surface area (Å²) < 4.78 is 28.0. The van der Waals surface area contributed by atoms with E-state index in [2.05, 4.69) is 5.32 Å². The number of fused-ring (bicyclic) bond motifs is 1. The second-order valence-corrected chi connectivity index (χ2v) is 8.11. The summed E-state index contributed by atoms with van der Waals surface area (Å²) >= 11 is 0. The fourth-order valence-corrected chi connectivity index (χ4v) is 4.40. The Bertz CT molecular complexity index is 678. The van der Waals surface area contributed by atoms with Gasteiger partial charge >= 0.3 is 0 Å². The van der Waals surface area contributed by atoms with Crippen molar-refractivity contribution in [1.82, 2.24) is 0 Å². The number of nitrogens with one attached hydrogen (secondary N) is 1. The smallest absolute Gasteiger partial charge is 0.265 e. The molecular weight excluding hydrogens is 314 g/mol. The number of halogens is 1. The van der Waals surface area contributed by atoms with Crippen molar-refractivity contribution >= 4 is 31.3 Å². The first-order valence-electron chi connectivity index (χ1n) is 6.85. The Kier molecular flexibility index (Phi) is 3.61. The highest BCUT2D eigenvalue weighted by Gasteiger charge is 2.56. The first kappa shape index (κ1) is 14.7. The van der Waals surface area contributed by atoms with E-state index in [4.69, 9.17) is 15.4 Å². The van der Waals surface area contributed by atoms with Crippen LogP contribution in [0.25, 0.3) is 0 Å². The Morgan fingerprint density at radius 2 is 2.00 bits per heavy atom. The van der Waals surface area contributed by atoms with E-state index in [0.29, 0.717) is 17.5 Å². The molecule has 3 rings (SSSR count). The average Bonchev–Trinajstić information content (AvgIpc) is 2.91.